The van der Waals surface area contributed by atoms with Gasteiger partial charge in [-0.2, -0.15) is 10.2 Å². The Morgan fingerprint density at radius 2 is 1.79 bits per heavy atom. The van der Waals surface area contributed by atoms with Crippen LogP contribution in [-0.4, -0.2) is 37.8 Å². The summed E-state index contributed by atoms with van der Waals surface area (Å²) in [6.07, 6.45) is 3.78. The second kappa shape index (κ2) is 9.21. The fourth-order valence-electron chi connectivity index (χ4n) is 4.37. The summed E-state index contributed by atoms with van der Waals surface area (Å²) in [7, 11) is 0. The maximum absolute atomic E-state index is 13.3. The molecule has 0 aliphatic heterocycles. The zero-order chi connectivity index (χ0) is 23.7. The van der Waals surface area contributed by atoms with Crippen molar-refractivity contribution < 1.29 is 9.59 Å². The van der Waals surface area contributed by atoms with Gasteiger partial charge in [-0.15, -0.1) is 0 Å². The van der Waals surface area contributed by atoms with Gasteiger partial charge in [0.05, 0.1) is 5.69 Å². The Balaban J connectivity index is 1.50. The number of carbonyl (C=O) groups excluding carboxylic acids is 2. The molecule has 2 aromatic heterocycles. The molecule has 2 heterocycles. The Hall–Kier alpha value is -3.42. The summed E-state index contributed by atoms with van der Waals surface area (Å²) >= 11 is 0. The van der Waals surface area contributed by atoms with Crippen LogP contribution in [0.4, 0.5) is 5.69 Å². The molecular weight excluding hydrogens is 416 g/mol. The molecule has 0 radical (unpaired) electrons. The zero-order valence-electron chi connectivity index (χ0n) is 19.8. The predicted octanol–water partition coefficient (Wildman–Crippen LogP) is 4.25. The van der Waals surface area contributed by atoms with Gasteiger partial charge < -0.3 is 10.6 Å². The van der Waals surface area contributed by atoms with E-state index < -0.39 is 6.04 Å². The second-order valence-corrected chi connectivity index (χ2v) is 9.28. The third kappa shape index (κ3) is 4.84. The molecule has 2 atom stereocenters. The molecule has 0 spiro atoms. The first kappa shape index (κ1) is 22.8. The summed E-state index contributed by atoms with van der Waals surface area (Å²) in [5.74, 6) is 0.00208. The lowest BCUT2D eigenvalue weighted by molar-refractivity contribution is -0.119. The summed E-state index contributed by atoms with van der Waals surface area (Å²) in [6.45, 7) is 9.93. The first-order valence-corrected chi connectivity index (χ1v) is 11.5. The lowest BCUT2D eigenvalue weighted by Gasteiger charge is -2.25. The van der Waals surface area contributed by atoms with E-state index in [4.69, 9.17) is 0 Å². The van der Waals surface area contributed by atoms with Crippen LogP contribution in [-0.2, 0) is 4.79 Å². The molecule has 33 heavy (non-hydrogen) atoms. The SMILES string of the molecule is Cc1n[nH]c(C)c1-c1ccc(NC(=O)[C@@H](NC(=O)c2ccnn2C(C)C)[C@@H](C)C2CC2)cc1. The van der Waals surface area contributed by atoms with Crippen molar-refractivity contribution in [1.82, 2.24) is 25.3 Å². The number of rotatable bonds is 8. The maximum Gasteiger partial charge on any atom is 0.270 e. The number of anilines is 1. The van der Waals surface area contributed by atoms with E-state index in [9.17, 15) is 9.59 Å². The largest absolute Gasteiger partial charge is 0.339 e. The smallest absolute Gasteiger partial charge is 0.270 e. The molecule has 3 N–H and O–H groups in total. The summed E-state index contributed by atoms with van der Waals surface area (Å²) in [4.78, 5) is 26.3. The van der Waals surface area contributed by atoms with E-state index >= 15 is 0 Å². The molecule has 0 bridgehead atoms. The van der Waals surface area contributed by atoms with Crippen molar-refractivity contribution >= 4 is 17.5 Å². The van der Waals surface area contributed by atoms with Crippen LogP contribution in [0, 0.1) is 25.7 Å². The lowest BCUT2D eigenvalue weighted by Crippen LogP contribution is -2.48. The van der Waals surface area contributed by atoms with Gasteiger partial charge >= 0.3 is 0 Å². The number of benzene rings is 1. The normalized spacial score (nSPS) is 15.3. The summed E-state index contributed by atoms with van der Waals surface area (Å²) < 4.78 is 1.67. The van der Waals surface area contributed by atoms with Crippen LogP contribution < -0.4 is 10.6 Å². The van der Waals surface area contributed by atoms with Gasteiger partial charge in [0.1, 0.15) is 11.7 Å². The van der Waals surface area contributed by atoms with Crippen LogP contribution in [0.5, 0.6) is 0 Å². The zero-order valence-corrected chi connectivity index (χ0v) is 19.8. The molecule has 0 saturated heterocycles. The van der Waals surface area contributed by atoms with Crippen LogP contribution in [0.3, 0.4) is 0 Å². The maximum atomic E-state index is 13.3. The van der Waals surface area contributed by atoms with Gasteiger partial charge in [-0.1, -0.05) is 19.1 Å². The average Bonchev–Trinajstić information content (AvgIpc) is 3.41. The highest BCUT2D eigenvalue weighted by molar-refractivity contribution is 6.00. The number of hydrogen-bond donors (Lipinski definition) is 3. The Bertz CT molecular complexity index is 1120. The predicted molar refractivity (Wildman–Crippen MR) is 128 cm³/mol. The first-order valence-electron chi connectivity index (χ1n) is 11.5. The van der Waals surface area contributed by atoms with Gasteiger partial charge in [-0.25, -0.2) is 0 Å². The van der Waals surface area contributed by atoms with Crippen molar-refractivity contribution in [1.29, 1.82) is 0 Å². The Kier molecular flexibility index (Phi) is 6.35. The van der Waals surface area contributed by atoms with E-state index in [2.05, 4.69) is 25.9 Å². The molecule has 3 aromatic rings. The van der Waals surface area contributed by atoms with Gasteiger partial charge in [0.25, 0.3) is 5.91 Å². The summed E-state index contributed by atoms with van der Waals surface area (Å²) in [6, 6.07) is 8.82. The lowest BCUT2D eigenvalue weighted by atomic mass is 9.95. The van der Waals surface area contributed by atoms with Crippen LogP contribution in [0.2, 0.25) is 0 Å². The fraction of sp³-hybridized carbons (Fsp3) is 0.440. The van der Waals surface area contributed by atoms with E-state index in [0.29, 0.717) is 17.3 Å². The van der Waals surface area contributed by atoms with Crippen molar-refractivity contribution in [2.24, 2.45) is 11.8 Å². The first-order chi connectivity index (χ1) is 15.8. The van der Waals surface area contributed by atoms with Crippen LogP contribution in [0.1, 0.15) is 61.5 Å². The van der Waals surface area contributed by atoms with Crippen molar-refractivity contribution in [3.63, 3.8) is 0 Å². The van der Waals surface area contributed by atoms with Crippen LogP contribution >= 0.6 is 0 Å². The molecule has 1 aliphatic carbocycles. The molecule has 1 fully saturated rings. The number of H-pyrrole nitrogens is 1. The number of aromatic nitrogens is 4. The molecule has 8 heteroatoms. The monoisotopic (exact) mass is 448 g/mol. The molecule has 174 valence electrons. The van der Waals surface area contributed by atoms with Crippen LogP contribution in [0.15, 0.2) is 36.5 Å². The van der Waals surface area contributed by atoms with Crippen molar-refractivity contribution in [2.75, 3.05) is 5.32 Å². The highest BCUT2D eigenvalue weighted by atomic mass is 16.2. The number of nitrogens with one attached hydrogen (secondary N) is 3. The van der Waals surface area contributed by atoms with E-state index in [0.717, 1.165) is 35.4 Å². The summed E-state index contributed by atoms with van der Waals surface area (Å²) in [5.41, 5.74) is 5.20. The molecular formula is C25H32N6O2. The number of aromatic amines is 1. The molecule has 1 aliphatic rings. The number of hydrogen-bond acceptors (Lipinski definition) is 4. The molecule has 4 rings (SSSR count). The fourth-order valence-corrected chi connectivity index (χ4v) is 4.37. The Labute approximate surface area is 194 Å². The van der Waals surface area contributed by atoms with E-state index in [1.54, 1.807) is 16.9 Å². The van der Waals surface area contributed by atoms with Crippen molar-refractivity contribution in [2.45, 2.75) is 59.5 Å². The molecule has 8 nitrogen and oxygen atoms in total. The van der Waals surface area contributed by atoms with E-state index in [-0.39, 0.29) is 23.8 Å². The highest BCUT2D eigenvalue weighted by Crippen LogP contribution is 2.38. The number of aryl methyl sites for hydroxylation is 2. The second-order valence-electron chi connectivity index (χ2n) is 9.28. The number of nitrogens with zero attached hydrogens (tertiary/aromatic N) is 3. The highest BCUT2D eigenvalue weighted by Gasteiger charge is 2.38. The molecule has 2 amide bonds. The minimum atomic E-state index is -0.626. The van der Waals surface area contributed by atoms with Crippen molar-refractivity contribution in [3.05, 3.63) is 53.6 Å². The van der Waals surface area contributed by atoms with Crippen LogP contribution in [0.25, 0.3) is 11.1 Å². The molecule has 0 unspecified atom stereocenters. The number of carbonyl (C=O) groups is 2. The topological polar surface area (TPSA) is 105 Å². The number of amides is 2. The molecule has 1 saturated carbocycles. The van der Waals surface area contributed by atoms with E-state index in [1.807, 2.05) is 58.9 Å². The molecule has 1 aromatic carbocycles. The minimum Gasteiger partial charge on any atom is -0.339 e. The minimum absolute atomic E-state index is 0.0416. The van der Waals surface area contributed by atoms with Gasteiger partial charge in [0.15, 0.2) is 0 Å². The van der Waals surface area contributed by atoms with Gasteiger partial charge in [-0.3, -0.25) is 19.4 Å². The van der Waals surface area contributed by atoms with E-state index in [1.165, 1.54) is 0 Å². The summed E-state index contributed by atoms with van der Waals surface area (Å²) in [5, 5.41) is 17.5. The Morgan fingerprint density at radius 1 is 1.09 bits per heavy atom. The Morgan fingerprint density at radius 3 is 2.36 bits per heavy atom. The van der Waals surface area contributed by atoms with Gasteiger partial charge in [0, 0.05) is 29.2 Å². The average molecular weight is 449 g/mol. The van der Waals surface area contributed by atoms with Crippen molar-refractivity contribution in [3.8, 4) is 11.1 Å². The quantitative estimate of drug-likeness (QED) is 0.479. The van der Waals surface area contributed by atoms with Gasteiger partial charge in [-0.05, 0) is 76.1 Å². The third-order valence-corrected chi connectivity index (χ3v) is 6.42. The standard InChI is InChI=1S/C25H32N6O2/c1-14(2)31-21(12-13-26-31)24(32)28-23(15(3)18-6-7-18)25(33)27-20-10-8-19(9-11-20)22-16(4)29-30-17(22)5/h8-15,18,23H,6-7H2,1-5H3,(H,27,33)(H,28,32)(H,29,30)/t15-,23-/m0/s1. The third-order valence-electron chi connectivity index (χ3n) is 6.42. The van der Waals surface area contributed by atoms with Gasteiger partial charge in [0.2, 0.25) is 5.91 Å².